The second-order valence-corrected chi connectivity index (χ2v) is 8.75. The molecule has 36 heavy (non-hydrogen) atoms. The Hall–Kier alpha value is -3.39. The zero-order valence-electron chi connectivity index (χ0n) is 20.7. The SMILES string of the molecule is COC(=O)CCCCCC1O[C@H](C)[C@@H](N=[N+]=[N-])[C@H](OCc2ccccc2)[C@@H]1OC(=O)c1ccccc1. The van der Waals surface area contributed by atoms with E-state index in [1.807, 2.05) is 43.3 Å². The van der Waals surface area contributed by atoms with Gasteiger partial charge >= 0.3 is 11.9 Å². The number of rotatable bonds is 12. The van der Waals surface area contributed by atoms with Crippen LogP contribution in [-0.4, -0.2) is 49.5 Å². The number of carbonyl (C=O) groups excluding carboxylic acids is 2. The number of benzene rings is 2. The van der Waals surface area contributed by atoms with Crippen LogP contribution in [-0.2, 0) is 30.3 Å². The lowest BCUT2D eigenvalue weighted by Gasteiger charge is -2.44. The molecule has 0 spiro atoms. The van der Waals surface area contributed by atoms with Crippen LogP contribution in [0.3, 0.4) is 0 Å². The van der Waals surface area contributed by atoms with Crippen molar-refractivity contribution >= 4 is 11.9 Å². The van der Waals surface area contributed by atoms with E-state index in [9.17, 15) is 15.1 Å². The van der Waals surface area contributed by atoms with Crippen molar-refractivity contribution in [2.45, 2.75) is 76.1 Å². The molecule has 1 aliphatic rings. The first kappa shape index (κ1) is 27.2. The lowest BCUT2D eigenvalue weighted by molar-refractivity contribution is -0.194. The Labute approximate surface area is 211 Å². The molecular formula is C27H33N3O6. The van der Waals surface area contributed by atoms with Gasteiger partial charge in [-0.3, -0.25) is 4.79 Å². The van der Waals surface area contributed by atoms with Crippen LogP contribution in [0, 0.1) is 0 Å². The lowest BCUT2D eigenvalue weighted by atomic mass is 9.90. The summed E-state index contributed by atoms with van der Waals surface area (Å²) < 4.78 is 23.2. The summed E-state index contributed by atoms with van der Waals surface area (Å²) in [6, 6.07) is 17.7. The predicted octanol–water partition coefficient (Wildman–Crippen LogP) is 5.39. The molecule has 0 aliphatic carbocycles. The van der Waals surface area contributed by atoms with Gasteiger partial charge in [-0.25, -0.2) is 4.79 Å². The third kappa shape index (κ3) is 7.81. The number of carbonyl (C=O) groups is 2. The predicted molar refractivity (Wildman–Crippen MR) is 133 cm³/mol. The van der Waals surface area contributed by atoms with Gasteiger partial charge in [0.05, 0.1) is 37.5 Å². The fraction of sp³-hybridized carbons (Fsp3) is 0.481. The van der Waals surface area contributed by atoms with Crippen molar-refractivity contribution in [1.29, 1.82) is 0 Å². The third-order valence-electron chi connectivity index (χ3n) is 6.22. The zero-order valence-corrected chi connectivity index (χ0v) is 20.7. The first-order valence-corrected chi connectivity index (χ1v) is 12.2. The maximum atomic E-state index is 13.0. The highest BCUT2D eigenvalue weighted by atomic mass is 16.6. The van der Waals surface area contributed by atoms with Gasteiger partial charge in [0.15, 0.2) is 6.10 Å². The summed E-state index contributed by atoms with van der Waals surface area (Å²) in [6.07, 6.45) is 0.803. The number of hydrogen-bond donors (Lipinski definition) is 0. The van der Waals surface area contributed by atoms with Crippen molar-refractivity contribution in [3.63, 3.8) is 0 Å². The van der Waals surface area contributed by atoms with Gasteiger partial charge < -0.3 is 18.9 Å². The zero-order chi connectivity index (χ0) is 25.8. The Morgan fingerprint density at radius 3 is 2.36 bits per heavy atom. The molecule has 9 nitrogen and oxygen atoms in total. The fourth-order valence-electron chi connectivity index (χ4n) is 4.32. The molecule has 1 aliphatic heterocycles. The van der Waals surface area contributed by atoms with E-state index in [0.717, 1.165) is 18.4 Å². The molecule has 5 atom stereocenters. The highest BCUT2D eigenvalue weighted by molar-refractivity contribution is 5.89. The van der Waals surface area contributed by atoms with Crippen LogP contribution in [0.5, 0.6) is 0 Å². The monoisotopic (exact) mass is 495 g/mol. The number of nitrogens with zero attached hydrogens (tertiary/aromatic N) is 3. The summed E-state index contributed by atoms with van der Waals surface area (Å²) >= 11 is 0. The molecule has 2 aromatic rings. The van der Waals surface area contributed by atoms with Crippen LogP contribution < -0.4 is 0 Å². The molecule has 2 aromatic carbocycles. The van der Waals surface area contributed by atoms with Crippen LogP contribution in [0.4, 0.5) is 0 Å². The molecule has 192 valence electrons. The Morgan fingerprint density at radius 1 is 1.00 bits per heavy atom. The van der Waals surface area contributed by atoms with E-state index in [0.29, 0.717) is 24.8 Å². The van der Waals surface area contributed by atoms with E-state index in [1.165, 1.54) is 7.11 Å². The maximum Gasteiger partial charge on any atom is 0.338 e. The van der Waals surface area contributed by atoms with Gasteiger partial charge in [-0.15, -0.1) is 0 Å². The maximum absolute atomic E-state index is 13.0. The molecule has 1 heterocycles. The van der Waals surface area contributed by atoms with E-state index in [-0.39, 0.29) is 12.6 Å². The van der Waals surface area contributed by atoms with Crippen LogP contribution in [0.15, 0.2) is 65.8 Å². The highest BCUT2D eigenvalue weighted by Gasteiger charge is 2.46. The topological polar surface area (TPSA) is 120 Å². The van der Waals surface area contributed by atoms with Crippen molar-refractivity contribution in [3.8, 4) is 0 Å². The van der Waals surface area contributed by atoms with Crippen LogP contribution in [0.25, 0.3) is 10.4 Å². The minimum Gasteiger partial charge on any atom is -0.469 e. The Kier molecular flexibility index (Phi) is 10.8. The smallest absolute Gasteiger partial charge is 0.338 e. The summed E-state index contributed by atoms with van der Waals surface area (Å²) in [7, 11) is 1.38. The van der Waals surface area contributed by atoms with E-state index in [2.05, 4.69) is 10.0 Å². The third-order valence-corrected chi connectivity index (χ3v) is 6.22. The van der Waals surface area contributed by atoms with Crippen LogP contribution in [0.2, 0.25) is 0 Å². The number of hydrogen-bond acceptors (Lipinski definition) is 7. The van der Waals surface area contributed by atoms with Gasteiger partial charge in [-0.05, 0) is 43.0 Å². The molecular weight excluding hydrogens is 462 g/mol. The second kappa shape index (κ2) is 14.2. The van der Waals surface area contributed by atoms with Crippen molar-refractivity contribution in [3.05, 3.63) is 82.2 Å². The molecule has 0 aromatic heterocycles. The molecule has 1 fully saturated rings. The normalized spacial score (nSPS) is 23.3. The molecule has 0 radical (unpaired) electrons. The largest absolute Gasteiger partial charge is 0.469 e. The van der Waals surface area contributed by atoms with Gasteiger partial charge in [0.2, 0.25) is 0 Å². The van der Waals surface area contributed by atoms with Gasteiger partial charge in [-0.1, -0.05) is 66.5 Å². The number of ether oxygens (including phenoxy) is 4. The second-order valence-electron chi connectivity index (χ2n) is 8.75. The van der Waals surface area contributed by atoms with E-state index < -0.39 is 36.4 Å². The molecule has 3 rings (SSSR count). The van der Waals surface area contributed by atoms with Gasteiger partial charge in [0.1, 0.15) is 6.10 Å². The molecule has 1 saturated heterocycles. The molecule has 0 bridgehead atoms. The Balaban J connectivity index is 1.79. The van der Waals surface area contributed by atoms with Crippen LogP contribution >= 0.6 is 0 Å². The molecule has 1 unspecified atom stereocenters. The van der Waals surface area contributed by atoms with Crippen molar-refractivity contribution in [2.75, 3.05) is 7.11 Å². The summed E-state index contributed by atoms with van der Waals surface area (Å²) in [5, 5.41) is 3.95. The molecule has 0 N–H and O–H groups in total. The van der Waals surface area contributed by atoms with Gasteiger partial charge in [-0.2, -0.15) is 0 Å². The van der Waals surface area contributed by atoms with Crippen molar-refractivity contribution in [1.82, 2.24) is 0 Å². The Morgan fingerprint density at radius 2 is 1.69 bits per heavy atom. The van der Waals surface area contributed by atoms with E-state index in [4.69, 9.17) is 18.9 Å². The van der Waals surface area contributed by atoms with Crippen molar-refractivity contribution in [2.24, 2.45) is 5.11 Å². The summed E-state index contributed by atoms with van der Waals surface area (Å²) in [5.41, 5.74) is 10.6. The number of azide groups is 1. The van der Waals surface area contributed by atoms with Crippen molar-refractivity contribution < 1.29 is 28.5 Å². The van der Waals surface area contributed by atoms with Crippen LogP contribution in [0.1, 0.15) is 54.9 Å². The summed E-state index contributed by atoms with van der Waals surface area (Å²) in [4.78, 5) is 27.4. The number of esters is 2. The molecule has 0 saturated carbocycles. The fourth-order valence-corrected chi connectivity index (χ4v) is 4.32. The minimum absolute atomic E-state index is 0.237. The molecule has 9 heteroatoms. The Bertz CT molecular complexity index is 1010. The molecule has 0 amide bonds. The lowest BCUT2D eigenvalue weighted by Crippen LogP contribution is -2.58. The van der Waals surface area contributed by atoms with Gasteiger partial charge in [0.25, 0.3) is 0 Å². The first-order chi connectivity index (χ1) is 17.5. The minimum atomic E-state index is -0.784. The number of unbranched alkanes of at least 4 members (excludes halogenated alkanes) is 2. The number of methoxy groups -OCH3 is 1. The van der Waals surface area contributed by atoms with E-state index in [1.54, 1.807) is 24.3 Å². The highest BCUT2D eigenvalue weighted by Crippen LogP contribution is 2.32. The quantitative estimate of drug-likeness (QED) is 0.128. The first-order valence-electron chi connectivity index (χ1n) is 12.2. The standard InChI is InChI=1S/C27H33N3O6/c1-19-24(29-30-28)26(34-18-20-12-6-3-7-13-20)25(36-27(32)21-14-8-4-9-15-21)22(35-19)16-10-5-11-17-23(31)33-2/h3-4,6-9,12-15,19,22,24-26H,5,10-11,16-18H2,1-2H3/t19-,22?,24-,25-,26+/m1/s1. The summed E-state index contributed by atoms with van der Waals surface area (Å²) in [6.45, 7) is 2.10. The van der Waals surface area contributed by atoms with E-state index >= 15 is 0 Å². The summed E-state index contributed by atoms with van der Waals surface area (Å²) in [5.74, 6) is -0.735. The van der Waals surface area contributed by atoms with Gasteiger partial charge in [0, 0.05) is 11.3 Å². The average molecular weight is 496 g/mol. The average Bonchev–Trinajstić information content (AvgIpc) is 2.91.